The van der Waals surface area contributed by atoms with Crippen LogP contribution in [0.4, 0.5) is 0 Å². The summed E-state index contributed by atoms with van der Waals surface area (Å²) < 4.78 is 0. The molecular weight excluding hydrogens is 158 g/mol. The average Bonchev–Trinajstić information content (AvgIpc) is 2.00. The minimum atomic E-state index is 0.682. The Morgan fingerprint density at radius 1 is 0.923 bits per heavy atom. The summed E-state index contributed by atoms with van der Waals surface area (Å²) >= 11 is 0. The highest BCUT2D eigenvalue weighted by molar-refractivity contribution is 4.63. The molecule has 0 radical (unpaired) electrons. The van der Waals surface area contributed by atoms with Crippen LogP contribution in [-0.4, -0.2) is 24.5 Å². The quantitative estimate of drug-likeness (QED) is 0.613. The molecule has 1 nitrogen and oxygen atoms in total. The smallest absolute Gasteiger partial charge is 0.00356 e. The lowest BCUT2D eigenvalue weighted by Crippen LogP contribution is -2.30. The van der Waals surface area contributed by atoms with E-state index >= 15 is 0 Å². The Morgan fingerprint density at radius 2 is 1.46 bits per heavy atom. The molecule has 80 valence electrons. The van der Waals surface area contributed by atoms with Crippen LogP contribution in [0.1, 0.15) is 47.5 Å². The molecule has 0 aromatic heterocycles. The van der Waals surface area contributed by atoms with E-state index in [1.807, 2.05) is 0 Å². The molecule has 0 aromatic carbocycles. The van der Waals surface area contributed by atoms with Gasteiger partial charge in [0, 0.05) is 12.6 Å². The summed E-state index contributed by atoms with van der Waals surface area (Å²) in [4.78, 5) is 2.44. The maximum Gasteiger partial charge on any atom is 0.00356 e. The van der Waals surface area contributed by atoms with Gasteiger partial charge in [-0.1, -0.05) is 27.2 Å². The molecule has 1 heteroatoms. The van der Waals surface area contributed by atoms with Crippen LogP contribution in [0.5, 0.6) is 0 Å². The van der Waals surface area contributed by atoms with Gasteiger partial charge in [-0.3, -0.25) is 0 Å². The van der Waals surface area contributed by atoms with Gasteiger partial charge in [-0.05, 0) is 39.2 Å². The lowest BCUT2D eigenvalue weighted by molar-refractivity contribution is 0.227. The molecule has 0 rings (SSSR count). The second-order valence-electron chi connectivity index (χ2n) is 5.11. The van der Waals surface area contributed by atoms with Crippen LogP contribution in [0.3, 0.4) is 0 Å². The van der Waals surface area contributed by atoms with Crippen LogP contribution in [0.15, 0.2) is 0 Å². The number of nitrogens with zero attached hydrogens (tertiary/aromatic N) is 1. The first-order chi connectivity index (χ1) is 5.93. The molecule has 0 aliphatic rings. The first kappa shape index (κ1) is 13.0. The van der Waals surface area contributed by atoms with E-state index in [9.17, 15) is 0 Å². The zero-order valence-electron chi connectivity index (χ0n) is 10.3. The fraction of sp³-hybridized carbons (Fsp3) is 1.00. The molecule has 0 aromatic rings. The van der Waals surface area contributed by atoms with Crippen molar-refractivity contribution in [1.29, 1.82) is 0 Å². The number of hydrogen-bond donors (Lipinski definition) is 0. The number of rotatable bonds is 6. The Bertz CT molecular complexity index is 118. The molecule has 0 heterocycles. The van der Waals surface area contributed by atoms with Crippen molar-refractivity contribution in [3.63, 3.8) is 0 Å². The highest BCUT2D eigenvalue weighted by Crippen LogP contribution is 2.13. The van der Waals surface area contributed by atoms with Gasteiger partial charge in [0.2, 0.25) is 0 Å². The summed E-state index contributed by atoms with van der Waals surface area (Å²) in [5.41, 5.74) is 0. The summed E-state index contributed by atoms with van der Waals surface area (Å²) in [6, 6.07) is 0.682. The Hall–Kier alpha value is -0.0400. The fourth-order valence-corrected chi connectivity index (χ4v) is 1.41. The van der Waals surface area contributed by atoms with Gasteiger partial charge in [0.05, 0.1) is 0 Å². The van der Waals surface area contributed by atoms with E-state index in [2.05, 4.69) is 46.6 Å². The highest BCUT2D eigenvalue weighted by Gasteiger charge is 2.09. The standard InChI is InChI=1S/C12H27N/c1-10(2)7-8-12(5)9-13(6)11(3)4/h10-12H,7-9H2,1-6H3/t12-/m1/s1. The van der Waals surface area contributed by atoms with E-state index in [4.69, 9.17) is 0 Å². The van der Waals surface area contributed by atoms with Crippen molar-refractivity contribution in [2.75, 3.05) is 13.6 Å². The molecule has 0 aliphatic heterocycles. The highest BCUT2D eigenvalue weighted by atomic mass is 15.1. The van der Waals surface area contributed by atoms with Gasteiger partial charge in [0.1, 0.15) is 0 Å². The maximum atomic E-state index is 2.44. The fourth-order valence-electron chi connectivity index (χ4n) is 1.41. The molecule has 0 saturated carbocycles. The van der Waals surface area contributed by atoms with Crippen molar-refractivity contribution >= 4 is 0 Å². The SMILES string of the molecule is CC(C)CC[C@@H](C)CN(C)C(C)C. The molecule has 0 unspecified atom stereocenters. The topological polar surface area (TPSA) is 3.24 Å². The van der Waals surface area contributed by atoms with E-state index in [0.717, 1.165) is 11.8 Å². The predicted octanol–water partition coefficient (Wildman–Crippen LogP) is 3.40. The van der Waals surface area contributed by atoms with Crippen LogP contribution >= 0.6 is 0 Å². The van der Waals surface area contributed by atoms with Gasteiger partial charge in [-0.2, -0.15) is 0 Å². The third-order valence-corrected chi connectivity index (χ3v) is 2.72. The Morgan fingerprint density at radius 3 is 1.85 bits per heavy atom. The van der Waals surface area contributed by atoms with E-state index < -0.39 is 0 Å². The average molecular weight is 185 g/mol. The first-order valence-electron chi connectivity index (χ1n) is 5.63. The minimum absolute atomic E-state index is 0.682. The van der Waals surface area contributed by atoms with Gasteiger partial charge >= 0.3 is 0 Å². The van der Waals surface area contributed by atoms with Crippen LogP contribution < -0.4 is 0 Å². The largest absolute Gasteiger partial charge is 0.304 e. The Kier molecular flexibility index (Phi) is 6.40. The van der Waals surface area contributed by atoms with Crippen molar-refractivity contribution < 1.29 is 0 Å². The Labute approximate surface area is 84.5 Å². The molecular formula is C12H27N. The summed E-state index contributed by atoms with van der Waals surface area (Å²) in [5, 5.41) is 0. The van der Waals surface area contributed by atoms with E-state index in [-0.39, 0.29) is 0 Å². The van der Waals surface area contributed by atoms with Gasteiger partial charge in [-0.25, -0.2) is 0 Å². The van der Waals surface area contributed by atoms with Crippen molar-refractivity contribution in [1.82, 2.24) is 4.90 Å². The van der Waals surface area contributed by atoms with Gasteiger partial charge in [0.15, 0.2) is 0 Å². The third-order valence-electron chi connectivity index (χ3n) is 2.72. The zero-order valence-corrected chi connectivity index (χ0v) is 10.3. The second kappa shape index (κ2) is 6.42. The molecule has 0 bridgehead atoms. The van der Waals surface area contributed by atoms with Crippen molar-refractivity contribution in [3.05, 3.63) is 0 Å². The molecule has 0 fully saturated rings. The van der Waals surface area contributed by atoms with Crippen molar-refractivity contribution in [2.45, 2.75) is 53.5 Å². The van der Waals surface area contributed by atoms with E-state index in [1.165, 1.54) is 19.4 Å². The molecule has 0 N–H and O–H groups in total. The van der Waals surface area contributed by atoms with E-state index in [1.54, 1.807) is 0 Å². The van der Waals surface area contributed by atoms with E-state index in [0.29, 0.717) is 6.04 Å². The summed E-state index contributed by atoms with van der Waals surface area (Å²) in [7, 11) is 2.22. The van der Waals surface area contributed by atoms with Crippen LogP contribution in [-0.2, 0) is 0 Å². The normalized spacial score (nSPS) is 14.5. The molecule has 0 amide bonds. The maximum absolute atomic E-state index is 2.44. The second-order valence-corrected chi connectivity index (χ2v) is 5.11. The summed E-state index contributed by atoms with van der Waals surface area (Å²) in [6.07, 6.45) is 2.74. The zero-order chi connectivity index (χ0) is 10.4. The molecule has 0 saturated heterocycles. The molecule has 13 heavy (non-hydrogen) atoms. The first-order valence-corrected chi connectivity index (χ1v) is 5.63. The summed E-state index contributed by atoms with van der Waals surface area (Å²) in [6.45, 7) is 12.7. The van der Waals surface area contributed by atoms with Crippen LogP contribution in [0.2, 0.25) is 0 Å². The molecule has 0 spiro atoms. The van der Waals surface area contributed by atoms with Gasteiger partial charge in [0.25, 0.3) is 0 Å². The predicted molar refractivity (Wildman–Crippen MR) is 61.0 cm³/mol. The third kappa shape index (κ3) is 7.06. The molecule has 0 aliphatic carbocycles. The van der Waals surface area contributed by atoms with Gasteiger partial charge < -0.3 is 4.90 Å². The monoisotopic (exact) mass is 185 g/mol. The van der Waals surface area contributed by atoms with Crippen molar-refractivity contribution in [2.24, 2.45) is 11.8 Å². The Balaban J connectivity index is 3.55. The van der Waals surface area contributed by atoms with Crippen LogP contribution in [0, 0.1) is 11.8 Å². The minimum Gasteiger partial charge on any atom is -0.304 e. The molecule has 1 atom stereocenters. The lowest BCUT2D eigenvalue weighted by Gasteiger charge is -2.25. The lowest BCUT2D eigenvalue weighted by atomic mass is 9.99. The summed E-state index contributed by atoms with van der Waals surface area (Å²) in [5.74, 6) is 1.70. The number of hydrogen-bond acceptors (Lipinski definition) is 1. The van der Waals surface area contributed by atoms with Crippen molar-refractivity contribution in [3.8, 4) is 0 Å². The van der Waals surface area contributed by atoms with Gasteiger partial charge in [-0.15, -0.1) is 0 Å². The van der Waals surface area contributed by atoms with Crippen LogP contribution in [0.25, 0.3) is 0 Å².